The maximum atomic E-state index is 11.8. The lowest BCUT2D eigenvalue weighted by molar-refractivity contribution is -0.675. The van der Waals surface area contributed by atoms with Gasteiger partial charge in [-0.3, -0.25) is 4.79 Å². The number of pyridine rings is 1. The first-order chi connectivity index (χ1) is 7.77. The van der Waals surface area contributed by atoms with Gasteiger partial charge in [0, 0.05) is 6.07 Å². The summed E-state index contributed by atoms with van der Waals surface area (Å²) in [6.45, 7) is 2.84. The number of hydrogen-bond donors (Lipinski definition) is 0. The summed E-state index contributed by atoms with van der Waals surface area (Å²) in [7, 11) is 0. The van der Waals surface area contributed by atoms with Crippen molar-refractivity contribution in [3.05, 3.63) is 46.5 Å². The largest absolute Gasteiger partial charge is 0.352 e. The van der Waals surface area contributed by atoms with E-state index in [1.807, 2.05) is 16.7 Å². The van der Waals surface area contributed by atoms with E-state index < -0.39 is 0 Å². The molecule has 0 saturated carbocycles. The van der Waals surface area contributed by atoms with E-state index in [2.05, 4.69) is 6.92 Å². The molecule has 0 aliphatic carbocycles. The molecule has 0 spiro atoms. The van der Waals surface area contributed by atoms with Crippen LogP contribution < -0.4 is 10.1 Å². The highest BCUT2D eigenvalue weighted by atomic mass is 16.1. The first kappa shape index (κ1) is 10.5. The SMILES string of the molecule is CCC[n+]1cc(C=O)c(=O)n2ccccc21. The van der Waals surface area contributed by atoms with Crippen LogP contribution in [0.4, 0.5) is 0 Å². The Balaban J connectivity index is 2.84. The summed E-state index contributed by atoms with van der Waals surface area (Å²) in [5, 5.41) is 0. The van der Waals surface area contributed by atoms with Gasteiger partial charge < -0.3 is 0 Å². The van der Waals surface area contributed by atoms with Crippen molar-refractivity contribution in [2.75, 3.05) is 0 Å². The van der Waals surface area contributed by atoms with Gasteiger partial charge in [-0.2, -0.15) is 4.40 Å². The lowest BCUT2D eigenvalue weighted by atomic mass is 10.3. The molecule has 0 fully saturated rings. The number of aryl methyl sites for hydroxylation is 1. The van der Waals surface area contributed by atoms with Crippen LogP contribution in [0, 0.1) is 0 Å². The lowest BCUT2D eigenvalue weighted by Gasteiger charge is -2.02. The first-order valence-electron chi connectivity index (χ1n) is 5.27. The molecule has 4 heteroatoms. The molecule has 2 rings (SSSR count). The van der Waals surface area contributed by atoms with Crippen molar-refractivity contribution in [1.29, 1.82) is 0 Å². The molecule has 0 aliphatic rings. The fraction of sp³-hybridized carbons (Fsp3) is 0.250. The third kappa shape index (κ3) is 1.62. The molecule has 0 bridgehead atoms. The lowest BCUT2D eigenvalue weighted by Crippen LogP contribution is -2.40. The highest BCUT2D eigenvalue weighted by Gasteiger charge is 2.13. The zero-order chi connectivity index (χ0) is 11.5. The van der Waals surface area contributed by atoms with E-state index in [0.717, 1.165) is 18.6 Å². The van der Waals surface area contributed by atoms with Crippen LogP contribution in [0.2, 0.25) is 0 Å². The van der Waals surface area contributed by atoms with E-state index in [1.165, 1.54) is 4.40 Å². The van der Waals surface area contributed by atoms with Crippen LogP contribution in [0.3, 0.4) is 0 Å². The number of nitrogens with zero attached hydrogens (tertiary/aromatic N) is 2. The molecule has 0 N–H and O–H groups in total. The molecule has 2 aromatic heterocycles. The van der Waals surface area contributed by atoms with Crippen molar-refractivity contribution < 1.29 is 9.36 Å². The normalized spacial score (nSPS) is 10.6. The van der Waals surface area contributed by atoms with Crippen LogP contribution in [-0.2, 0) is 6.54 Å². The Hall–Kier alpha value is -1.97. The van der Waals surface area contributed by atoms with Crippen molar-refractivity contribution in [3.8, 4) is 0 Å². The Morgan fingerprint density at radius 2 is 2.25 bits per heavy atom. The fourth-order valence-corrected chi connectivity index (χ4v) is 1.77. The Kier molecular flexibility index (Phi) is 2.81. The van der Waals surface area contributed by atoms with Gasteiger partial charge in [-0.15, -0.1) is 0 Å². The van der Waals surface area contributed by atoms with Gasteiger partial charge in [0.1, 0.15) is 11.8 Å². The Morgan fingerprint density at radius 1 is 1.44 bits per heavy atom. The monoisotopic (exact) mass is 217 g/mol. The summed E-state index contributed by atoms with van der Waals surface area (Å²) < 4.78 is 3.42. The van der Waals surface area contributed by atoms with E-state index in [0.29, 0.717) is 6.29 Å². The molecule has 0 radical (unpaired) electrons. The predicted octanol–water partition coefficient (Wildman–Crippen LogP) is 0.809. The van der Waals surface area contributed by atoms with Crippen molar-refractivity contribution >= 4 is 11.9 Å². The Labute approximate surface area is 92.8 Å². The van der Waals surface area contributed by atoms with Crippen molar-refractivity contribution in [1.82, 2.24) is 4.40 Å². The van der Waals surface area contributed by atoms with E-state index >= 15 is 0 Å². The van der Waals surface area contributed by atoms with Crippen LogP contribution in [0.25, 0.3) is 5.65 Å². The number of aldehydes is 1. The summed E-state index contributed by atoms with van der Waals surface area (Å²) in [6, 6.07) is 5.52. The van der Waals surface area contributed by atoms with Crippen LogP contribution >= 0.6 is 0 Å². The molecule has 0 unspecified atom stereocenters. The Morgan fingerprint density at radius 3 is 2.94 bits per heavy atom. The molecule has 16 heavy (non-hydrogen) atoms. The molecule has 82 valence electrons. The number of rotatable bonds is 3. The molecule has 2 heterocycles. The number of carbonyl (C=O) groups is 1. The van der Waals surface area contributed by atoms with Crippen LogP contribution in [-0.4, -0.2) is 10.7 Å². The van der Waals surface area contributed by atoms with Gasteiger partial charge in [0.25, 0.3) is 5.65 Å². The molecule has 0 atom stereocenters. The summed E-state index contributed by atoms with van der Waals surface area (Å²) in [6.07, 6.45) is 4.85. The Bertz CT molecular complexity index is 587. The average Bonchev–Trinajstić information content (AvgIpc) is 2.33. The second-order valence-electron chi connectivity index (χ2n) is 3.63. The van der Waals surface area contributed by atoms with Gasteiger partial charge in [0.15, 0.2) is 6.29 Å². The molecule has 4 nitrogen and oxygen atoms in total. The van der Waals surface area contributed by atoms with Crippen LogP contribution in [0.5, 0.6) is 0 Å². The summed E-state index contributed by atoms with van der Waals surface area (Å²) in [5.74, 6) is 0. The molecule has 0 aliphatic heterocycles. The van der Waals surface area contributed by atoms with E-state index in [1.54, 1.807) is 18.5 Å². The second-order valence-corrected chi connectivity index (χ2v) is 3.63. The molecular weight excluding hydrogens is 204 g/mol. The van der Waals surface area contributed by atoms with E-state index in [9.17, 15) is 9.59 Å². The number of fused-ring (bicyclic) bond motifs is 1. The second kappa shape index (κ2) is 4.26. The molecule has 0 amide bonds. The van der Waals surface area contributed by atoms with Gasteiger partial charge >= 0.3 is 5.56 Å². The van der Waals surface area contributed by atoms with Gasteiger partial charge in [-0.25, -0.2) is 9.36 Å². The predicted molar refractivity (Wildman–Crippen MR) is 59.5 cm³/mol. The molecule has 0 aromatic carbocycles. The number of carbonyl (C=O) groups excluding carboxylic acids is 1. The van der Waals surface area contributed by atoms with E-state index in [-0.39, 0.29) is 11.1 Å². The third-order valence-electron chi connectivity index (χ3n) is 2.48. The van der Waals surface area contributed by atoms with Crippen LogP contribution in [0.1, 0.15) is 23.7 Å². The smallest absolute Gasteiger partial charge is 0.297 e. The van der Waals surface area contributed by atoms with Gasteiger partial charge in [0.05, 0.1) is 12.7 Å². The zero-order valence-electron chi connectivity index (χ0n) is 9.09. The minimum atomic E-state index is -0.266. The van der Waals surface area contributed by atoms with Crippen molar-refractivity contribution in [2.24, 2.45) is 0 Å². The minimum absolute atomic E-state index is 0.192. The van der Waals surface area contributed by atoms with Gasteiger partial charge in [0.2, 0.25) is 0 Å². The standard InChI is InChI=1S/C12H13N2O2/c1-2-6-13-8-10(9-15)12(16)14-7-4-3-5-11(13)14/h3-5,7-9H,2,6H2,1H3/q+1. The zero-order valence-corrected chi connectivity index (χ0v) is 9.09. The fourth-order valence-electron chi connectivity index (χ4n) is 1.77. The quantitative estimate of drug-likeness (QED) is 0.564. The number of aromatic nitrogens is 2. The summed E-state index contributed by atoms with van der Waals surface area (Å²) >= 11 is 0. The summed E-state index contributed by atoms with van der Waals surface area (Å²) in [5.41, 5.74) is 0.732. The average molecular weight is 217 g/mol. The minimum Gasteiger partial charge on any atom is -0.297 e. The highest BCUT2D eigenvalue weighted by Crippen LogP contribution is 1.95. The van der Waals surface area contributed by atoms with Crippen molar-refractivity contribution in [3.63, 3.8) is 0 Å². The van der Waals surface area contributed by atoms with Gasteiger partial charge in [-0.05, 0) is 12.5 Å². The molecule has 0 saturated heterocycles. The maximum Gasteiger partial charge on any atom is 0.352 e. The maximum absolute atomic E-state index is 11.8. The summed E-state index contributed by atoms with van der Waals surface area (Å²) in [4.78, 5) is 22.6. The van der Waals surface area contributed by atoms with Crippen molar-refractivity contribution in [2.45, 2.75) is 19.9 Å². The van der Waals surface area contributed by atoms with Crippen LogP contribution in [0.15, 0.2) is 35.4 Å². The number of hydrogen-bond acceptors (Lipinski definition) is 2. The topological polar surface area (TPSA) is 42.4 Å². The highest BCUT2D eigenvalue weighted by molar-refractivity contribution is 5.73. The van der Waals surface area contributed by atoms with Gasteiger partial charge in [-0.1, -0.05) is 13.0 Å². The first-order valence-corrected chi connectivity index (χ1v) is 5.27. The molecular formula is C12H13N2O2+. The van der Waals surface area contributed by atoms with E-state index in [4.69, 9.17) is 0 Å². The molecule has 2 aromatic rings. The third-order valence-corrected chi connectivity index (χ3v) is 2.48.